The molecule has 1 aliphatic rings. The molecule has 3 rings (SSSR count). The van der Waals surface area contributed by atoms with Crippen molar-refractivity contribution in [2.45, 2.75) is 6.92 Å². The van der Waals surface area contributed by atoms with E-state index in [0.717, 1.165) is 0 Å². The number of benzene rings is 2. The Kier molecular flexibility index (Phi) is 4.48. The quantitative estimate of drug-likeness (QED) is 0.555. The summed E-state index contributed by atoms with van der Waals surface area (Å²) in [5.41, 5.74) is 2.68. The summed E-state index contributed by atoms with van der Waals surface area (Å²) in [5, 5.41) is 5.85. The van der Waals surface area contributed by atoms with Gasteiger partial charge in [0.15, 0.2) is 11.6 Å². The molecule has 2 aromatic rings. The third-order valence-electron chi connectivity index (χ3n) is 4.07. The van der Waals surface area contributed by atoms with E-state index in [4.69, 9.17) is 0 Å². The van der Waals surface area contributed by atoms with Crippen molar-refractivity contribution in [3.8, 4) is 0 Å². The van der Waals surface area contributed by atoms with Crippen molar-refractivity contribution in [2.24, 2.45) is 0 Å². The zero-order valence-electron chi connectivity index (χ0n) is 13.9. The molecule has 0 unspecified atom stereocenters. The molecule has 1 amide bonds. The fraction of sp³-hybridized carbons (Fsp3) is 0.150. The molecule has 0 heterocycles. The fourth-order valence-corrected chi connectivity index (χ4v) is 2.82. The number of hydrogen-bond donors (Lipinski definition) is 2. The Hall–Kier alpha value is -3.21. The molecule has 1 aliphatic carbocycles. The van der Waals surface area contributed by atoms with E-state index in [0.29, 0.717) is 46.6 Å². The van der Waals surface area contributed by atoms with Gasteiger partial charge in [-0.05, 0) is 13.0 Å². The lowest BCUT2D eigenvalue weighted by Gasteiger charge is -2.20. The summed E-state index contributed by atoms with van der Waals surface area (Å²) in [5.74, 6) is -0.527. The molecule has 2 N–H and O–H groups in total. The molecule has 5 nitrogen and oxygen atoms in total. The Bertz CT molecular complexity index is 900. The van der Waals surface area contributed by atoms with Crippen LogP contribution in [0.5, 0.6) is 0 Å². The molecular formula is C20H18N2O3. The van der Waals surface area contributed by atoms with Crippen LogP contribution in [0.2, 0.25) is 0 Å². The lowest BCUT2D eigenvalue weighted by Crippen LogP contribution is -2.29. The van der Waals surface area contributed by atoms with Gasteiger partial charge in [-0.25, -0.2) is 0 Å². The van der Waals surface area contributed by atoms with E-state index in [1.807, 2.05) is 0 Å². The van der Waals surface area contributed by atoms with Gasteiger partial charge in [-0.1, -0.05) is 43.0 Å². The first-order valence-electron chi connectivity index (χ1n) is 7.99. The van der Waals surface area contributed by atoms with E-state index in [1.165, 1.54) is 0 Å². The van der Waals surface area contributed by atoms with Gasteiger partial charge in [-0.15, -0.1) is 0 Å². The highest BCUT2D eigenvalue weighted by Crippen LogP contribution is 2.31. The second kappa shape index (κ2) is 6.73. The van der Waals surface area contributed by atoms with Gasteiger partial charge in [-0.2, -0.15) is 0 Å². The minimum Gasteiger partial charge on any atom is -0.383 e. The number of hydrogen-bond acceptors (Lipinski definition) is 4. The molecule has 25 heavy (non-hydrogen) atoms. The van der Waals surface area contributed by atoms with E-state index in [9.17, 15) is 14.4 Å². The maximum absolute atomic E-state index is 12.8. The summed E-state index contributed by atoms with van der Waals surface area (Å²) in [6, 6.07) is 12.0. The lowest BCUT2D eigenvalue weighted by atomic mass is 9.83. The van der Waals surface area contributed by atoms with E-state index in [1.54, 1.807) is 49.4 Å². The topological polar surface area (TPSA) is 75.3 Å². The Morgan fingerprint density at radius 1 is 0.920 bits per heavy atom. The molecule has 0 saturated carbocycles. The highest BCUT2D eigenvalue weighted by atomic mass is 16.2. The number of carbonyl (C=O) groups excluding carboxylic acids is 3. The molecule has 2 aromatic carbocycles. The van der Waals surface area contributed by atoms with Crippen LogP contribution in [0, 0.1) is 0 Å². The largest absolute Gasteiger partial charge is 0.383 e. The van der Waals surface area contributed by atoms with Crippen LogP contribution >= 0.6 is 0 Å². The van der Waals surface area contributed by atoms with Crippen molar-refractivity contribution >= 4 is 23.2 Å². The Morgan fingerprint density at radius 3 is 2.24 bits per heavy atom. The first kappa shape index (κ1) is 16.6. The molecular weight excluding hydrogens is 316 g/mol. The van der Waals surface area contributed by atoms with Crippen LogP contribution in [-0.4, -0.2) is 30.6 Å². The van der Waals surface area contributed by atoms with E-state index < -0.39 is 0 Å². The average Bonchev–Trinajstić information content (AvgIpc) is 2.62. The zero-order valence-corrected chi connectivity index (χ0v) is 13.9. The van der Waals surface area contributed by atoms with Crippen molar-refractivity contribution in [3.63, 3.8) is 0 Å². The Labute approximate surface area is 145 Å². The summed E-state index contributed by atoms with van der Waals surface area (Å²) in [6.07, 6.45) is 0. The van der Waals surface area contributed by atoms with Crippen molar-refractivity contribution in [2.75, 3.05) is 18.4 Å². The lowest BCUT2D eigenvalue weighted by molar-refractivity contribution is -0.117. The van der Waals surface area contributed by atoms with Crippen molar-refractivity contribution in [1.29, 1.82) is 0 Å². The van der Waals surface area contributed by atoms with Crippen LogP contribution in [0.4, 0.5) is 5.69 Å². The second-order valence-electron chi connectivity index (χ2n) is 5.89. The van der Waals surface area contributed by atoms with Crippen LogP contribution in [0.1, 0.15) is 38.8 Å². The van der Waals surface area contributed by atoms with Gasteiger partial charge < -0.3 is 10.6 Å². The third-order valence-corrected chi connectivity index (χ3v) is 4.07. The van der Waals surface area contributed by atoms with Gasteiger partial charge in [-0.3, -0.25) is 14.4 Å². The zero-order chi connectivity index (χ0) is 18.0. The minimum atomic E-state index is -0.211. The van der Waals surface area contributed by atoms with Gasteiger partial charge in [0.2, 0.25) is 5.91 Å². The summed E-state index contributed by atoms with van der Waals surface area (Å²) in [6.45, 7) is 6.02. The van der Waals surface area contributed by atoms with Crippen molar-refractivity contribution in [1.82, 2.24) is 5.32 Å². The van der Waals surface area contributed by atoms with Crippen molar-refractivity contribution < 1.29 is 14.4 Å². The molecule has 126 valence electrons. The van der Waals surface area contributed by atoms with E-state index >= 15 is 0 Å². The summed E-state index contributed by atoms with van der Waals surface area (Å²) >= 11 is 0. The number of amides is 1. The highest BCUT2D eigenvalue weighted by molar-refractivity contribution is 6.30. The van der Waals surface area contributed by atoms with Crippen LogP contribution in [0.3, 0.4) is 0 Å². The van der Waals surface area contributed by atoms with E-state index in [2.05, 4.69) is 17.2 Å². The first-order valence-corrected chi connectivity index (χ1v) is 7.99. The first-order chi connectivity index (χ1) is 12.0. The summed E-state index contributed by atoms with van der Waals surface area (Å²) in [4.78, 5) is 37.0. The van der Waals surface area contributed by atoms with Crippen LogP contribution in [-0.2, 0) is 4.79 Å². The predicted molar refractivity (Wildman–Crippen MR) is 96.1 cm³/mol. The molecule has 0 saturated heterocycles. The maximum atomic E-state index is 12.8. The van der Waals surface area contributed by atoms with Crippen molar-refractivity contribution in [3.05, 3.63) is 76.9 Å². The number of rotatable bonds is 5. The Morgan fingerprint density at radius 2 is 1.56 bits per heavy atom. The Balaban J connectivity index is 1.82. The van der Waals surface area contributed by atoms with Crippen LogP contribution in [0.15, 0.2) is 54.6 Å². The minimum absolute atomic E-state index is 0.149. The normalized spacial score (nSPS) is 12.2. The number of nitrogens with one attached hydrogen (secondary N) is 2. The molecule has 0 spiro atoms. The van der Waals surface area contributed by atoms with Crippen LogP contribution in [0.25, 0.3) is 0 Å². The number of fused-ring (bicyclic) bond motifs is 2. The fourth-order valence-electron chi connectivity index (χ4n) is 2.82. The highest BCUT2D eigenvalue weighted by Gasteiger charge is 2.31. The van der Waals surface area contributed by atoms with E-state index in [-0.39, 0.29) is 17.5 Å². The predicted octanol–water partition coefficient (Wildman–Crippen LogP) is 2.57. The summed E-state index contributed by atoms with van der Waals surface area (Å²) in [7, 11) is 0. The maximum Gasteiger partial charge on any atom is 0.246 e. The molecule has 5 heteroatoms. The third kappa shape index (κ3) is 3.08. The SMILES string of the molecule is C=C(C)C(=O)NCCNc1cccc2c1C(=O)c1ccccc1C2=O. The number of ketones is 2. The van der Waals surface area contributed by atoms with Gasteiger partial charge >= 0.3 is 0 Å². The van der Waals surface area contributed by atoms with Gasteiger partial charge in [0, 0.05) is 41.0 Å². The van der Waals surface area contributed by atoms with Crippen LogP contribution < -0.4 is 10.6 Å². The van der Waals surface area contributed by atoms with Gasteiger partial charge in [0.05, 0.1) is 5.56 Å². The number of carbonyl (C=O) groups is 3. The molecule has 0 atom stereocenters. The molecule has 0 radical (unpaired) electrons. The molecule has 0 aliphatic heterocycles. The van der Waals surface area contributed by atoms with Gasteiger partial charge in [0.25, 0.3) is 0 Å². The molecule has 0 bridgehead atoms. The van der Waals surface area contributed by atoms with Gasteiger partial charge in [0.1, 0.15) is 0 Å². The average molecular weight is 334 g/mol. The summed E-state index contributed by atoms with van der Waals surface area (Å²) < 4.78 is 0. The molecule has 0 aromatic heterocycles. The number of anilines is 1. The smallest absolute Gasteiger partial charge is 0.246 e. The standard InChI is InChI=1S/C20H18N2O3/c1-12(2)20(25)22-11-10-21-16-9-5-8-15-17(16)19(24)14-7-4-3-6-13(14)18(15)23/h3-9,21H,1,10-11H2,2H3,(H,22,25). The second-order valence-corrected chi connectivity index (χ2v) is 5.89. The monoisotopic (exact) mass is 334 g/mol. The molecule has 0 fully saturated rings.